The van der Waals surface area contributed by atoms with E-state index in [0.29, 0.717) is 18.9 Å². The molecule has 0 saturated heterocycles. The second-order valence-corrected chi connectivity index (χ2v) is 7.10. The van der Waals surface area contributed by atoms with Crippen molar-refractivity contribution in [3.63, 3.8) is 0 Å². The first kappa shape index (κ1) is 22.9. The normalized spacial score (nSPS) is 13.2. The van der Waals surface area contributed by atoms with Gasteiger partial charge in [-0.2, -0.15) is 26.3 Å². The van der Waals surface area contributed by atoms with E-state index in [4.69, 9.17) is 4.74 Å². The van der Waals surface area contributed by atoms with E-state index in [1.165, 1.54) is 28.8 Å². The predicted octanol–water partition coefficient (Wildman–Crippen LogP) is 5.28. The molecule has 0 bridgehead atoms. The maximum atomic E-state index is 13.5. The zero-order valence-corrected chi connectivity index (χ0v) is 16.6. The number of unbranched alkanes of at least 4 members (excludes halogenated alkanes) is 1. The van der Waals surface area contributed by atoms with Crippen molar-refractivity contribution in [2.75, 3.05) is 7.11 Å². The van der Waals surface area contributed by atoms with E-state index < -0.39 is 34.8 Å². The minimum Gasteiger partial charge on any atom is -0.496 e. The lowest BCUT2D eigenvalue weighted by Gasteiger charge is -2.34. The monoisotopic (exact) mass is 447 g/mol. The van der Waals surface area contributed by atoms with Gasteiger partial charge in [-0.15, -0.1) is 0 Å². The Morgan fingerprint density at radius 3 is 2.06 bits per heavy atom. The quantitative estimate of drug-likeness (QED) is 0.428. The summed E-state index contributed by atoms with van der Waals surface area (Å²) in [4.78, 5) is 13.0. The Morgan fingerprint density at radius 1 is 0.968 bits per heavy atom. The van der Waals surface area contributed by atoms with Gasteiger partial charge in [-0.3, -0.25) is 4.79 Å². The molecule has 1 heterocycles. The molecule has 0 spiro atoms. The number of pyridine rings is 1. The van der Waals surface area contributed by atoms with E-state index in [1.807, 2.05) is 6.92 Å². The van der Waals surface area contributed by atoms with Gasteiger partial charge in [0.1, 0.15) is 5.75 Å². The molecular formula is C21H19F6NO3. The molecule has 0 fully saturated rings. The fourth-order valence-corrected chi connectivity index (χ4v) is 3.70. The van der Waals surface area contributed by atoms with Crippen LogP contribution in [0.25, 0.3) is 21.7 Å². The Bertz CT molecular complexity index is 1170. The van der Waals surface area contributed by atoms with Crippen LogP contribution < -0.4 is 10.3 Å². The lowest BCUT2D eigenvalue weighted by Crippen LogP contribution is -2.54. The summed E-state index contributed by atoms with van der Waals surface area (Å²) in [5.41, 5.74) is -6.96. The second kappa shape index (κ2) is 7.74. The van der Waals surface area contributed by atoms with E-state index in [2.05, 4.69) is 0 Å². The number of aryl methyl sites for hydroxylation is 1. The number of ether oxygens (including phenoxy) is 1. The predicted molar refractivity (Wildman–Crippen MR) is 103 cm³/mol. The van der Waals surface area contributed by atoms with Crippen LogP contribution in [0.3, 0.4) is 0 Å². The first-order valence-corrected chi connectivity index (χ1v) is 9.38. The summed E-state index contributed by atoms with van der Waals surface area (Å²) in [5.74, 6) is -0.795. The number of halogens is 6. The Balaban J connectivity index is 2.56. The van der Waals surface area contributed by atoms with Gasteiger partial charge in [0.15, 0.2) is 0 Å². The van der Waals surface area contributed by atoms with Crippen molar-refractivity contribution in [3.8, 4) is 5.75 Å². The second-order valence-electron chi connectivity index (χ2n) is 7.10. The molecule has 3 aromatic rings. The summed E-state index contributed by atoms with van der Waals surface area (Å²) in [5, 5.41) is 10.1. The van der Waals surface area contributed by atoms with Crippen LogP contribution in [0.1, 0.15) is 25.3 Å². The molecule has 0 radical (unpaired) electrons. The number of aromatic nitrogens is 1. The van der Waals surface area contributed by atoms with Crippen LogP contribution in [-0.2, 0) is 12.1 Å². The highest BCUT2D eigenvalue weighted by molar-refractivity contribution is 6.09. The fourth-order valence-electron chi connectivity index (χ4n) is 3.70. The topological polar surface area (TPSA) is 51.5 Å². The number of rotatable bonds is 5. The molecular weight excluding hydrogens is 428 g/mol. The molecule has 1 aromatic heterocycles. The highest BCUT2D eigenvalue weighted by atomic mass is 19.4. The van der Waals surface area contributed by atoms with E-state index in [9.17, 15) is 36.2 Å². The molecule has 0 aliphatic rings. The van der Waals surface area contributed by atoms with Crippen molar-refractivity contribution in [2.45, 2.75) is 44.3 Å². The van der Waals surface area contributed by atoms with Crippen molar-refractivity contribution < 1.29 is 36.2 Å². The number of alkyl halides is 6. The molecule has 3 rings (SSSR count). The van der Waals surface area contributed by atoms with Crippen molar-refractivity contribution in [3.05, 3.63) is 52.3 Å². The zero-order valence-electron chi connectivity index (χ0n) is 16.6. The maximum absolute atomic E-state index is 13.5. The van der Waals surface area contributed by atoms with Crippen LogP contribution in [0.4, 0.5) is 26.3 Å². The molecule has 31 heavy (non-hydrogen) atoms. The molecule has 168 valence electrons. The average Bonchev–Trinajstić information content (AvgIpc) is 2.70. The molecule has 0 saturated carbocycles. The van der Waals surface area contributed by atoms with Gasteiger partial charge < -0.3 is 14.4 Å². The Hall–Kier alpha value is -2.75. The van der Waals surface area contributed by atoms with Crippen LogP contribution in [-0.4, -0.2) is 29.1 Å². The first-order valence-electron chi connectivity index (χ1n) is 9.38. The van der Waals surface area contributed by atoms with Crippen molar-refractivity contribution in [1.29, 1.82) is 0 Å². The largest absolute Gasteiger partial charge is 0.496 e. The molecule has 10 heteroatoms. The summed E-state index contributed by atoms with van der Waals surface area (Å²) >= 11 is 0. The van der Waals surface area contributed by atoms with Gasteiger partial charge in [0.25, 0.3) is 11.2 Å². The van der Waals surface area contributed by atoms with Crippen LogP contribution in [0, 0.1) is 0 Å². The number of benzene rings is 2. The summed E-state index contributed by atoms with van der Waals surface area (Å²) in [7, 11) is 0.918. The molecule has 0 unspecified atom stereocenters. The smallest absolute Gasteiger partial charge is 0.430 e. The maximum Gasteiger partial charge on any atom is 0.430 e. The molecule has 0 aliphatic heterocycles. The van der Waals surface area contributed by atoms with E-state index in [1.54, 1.807) is 0 Å². The van der Waals surface area contributed by atoms with Gasteiger partial charge in [-0.25, -0.2) is 0 Å². The van der Waals surface area contributed by atoms with E-state index in [0.717, 1.165) is 13.2 Å². The average molecular weight is 447 g/mol. The lowest BCUT2D eigenvalue weighted by atomic mass is 9.89. The van der Waals surface area contributed by atoms with Crippen molar-refractivity contribution >= 4 is 21.7 Å². The molecule has 0 aliphatic carbocycles. The highest BCUT2D eigenvalue weighted by Crippen LogP contribution is 2.53. The summed E-state index contributed by atoms with van der Waals surface area (Å²) in [6.45, 7) is 2.09. The summed E-state index contributed by atoms with van der Waals surface area (Å²) in [6, 6.07) is 7.39. The number of aliphatic hydroxyl groups is 1. The SMILES string of the molecule is CCCCn1c(=O)c2ccccc2c2c(OC)c(C(O)(C(F)(F)F)C(F)(F)F)ccc21. The lowest BCUT2D eigenvalue weighted by molar-refractivity contribution is -0.376. The minimum absolute atomic E-state index is 0.113. The Morgan fingerprint density at radius 2 is 1.55 bits per heavy atom. The van der Waals surface area contributed by atoms with Gasteiger partial charge >= 0.3 is 12.4 Å². The Labute approximate surface area is 172 Å². The molecule has 2 aromatic carbocycles. The summed E-state index contributed by atoms with van der Waals surface area (Å²) in [6.07, 6.45) is -10.9. The van der Waals surface area contributed by atoms with Crippen molar-refractivity contribution in [2.24, 2.45) is 0 Å². The van der Waals surface area contributed by atoms with Gasteiger partial charge in [0.2, 0.25) is 0 Å². The third kappa shape index (κ3) is 3.42. The van der Waals surface area contributed by atoms with Crippen LogP contribution in [0.5, 0.6) is 5.75 Å². The van der Waals surface area contributed by atoms with E-state index >= 15 is 0 Å². The number of nitrogens with zero attached hydrogens (tertiary/aromatic N) is 1. The Kier molecular flexibility index (Phi) is 5.72. The van der Waals surface area contributed by atoms with Gasteiger partial charge in [-0.05, 0) is 24.6 Å². The standard InChI is InChI=1S/C21H19F6NO3/c1-3-4-11-28-15-10-9-14(19(30,20(22,23)24)21(25,26)27)17(31-2)16(15)12-7-5-6-8-13(12)18(28)29/h5-10,30H,3-4,11H2,1-2H3. The number of hydrogen-bond acceptors (Lipinski definition) is 3. The number of methoxy groups -OCH3 is 1. The molecule has 0 atom stereocenters. The molecule has 0 amide bonds. The molecule has 1 N–H and O–H groups in total. The third-order valence-electron chi connectivity index (χ3n) is 5.25. The molecule has 4 nitrogen and oxygen atoms in total. The number of fused-ring (bicyclic) bond motifs is 3. The first-order chi connectivity index (χ1) is 14.4. The third-order valence-corrected chi connectivity index (χ3v) is 5.25. The summed E-state index contributed by atoms with van der Waals surface area (Å²) < 4.78 is 87.6. The highest BCUT2D eigenvalue weighted by Gasteiger charge is 2.72. The van der Waals surface area contributed by atoms with E-state index in [-0.39, 0.29) is 28.2 Å². The van der Waals surface area contributed by atoms with Crippen LogP contribution in [0.2, 0.25) is 0 Å². The van der Waals surface area contributed by atoms with Gasteiger partial charge in [0, 0.05) is 28.3 Å². The van der Waals surface area contributed by atoms with Crippen LogP contribution >= 0.6 is 0 Å². The minimum atomic E-state index is -6.07. The van der Waals surface area contributed by atoms with Gasteiger partial charge in [-0.1, -0.05) is 31.5 Å². The fraction of sp³-hybridized carbons (Fsp3) is 0.381. The van der Waals surface area contributed by atoms with Gasteiger partial charge in [0.05, 0.1) is 12.6 Å². The van der Waals surface area contributed by atoms with Crippen LogP contribution in [0.15, 0.2) is 41.2 Å². The number of hydrogen-bond donors (Lipinski definition) is 1. The van der Waals surface area contributed by atoms with Crippen molar-refractivity contribution in [1.82, 2.24) is 4.57 Å². The zero-order chi connectivity index (χ0) is 23.2.